The first kappa shape index (κ1) is 13.4. The minimum absolute atomic E-state index is 0.0697. The van der Waals surface area contributed by atoms with Crippen LogP contribution in [0, 0.1) is 0 Å². The number of nitrogens with zero attached hydrogens (tertiary/aromatic N) is 1. The second-order valence-electron chi connectivity index (χ2n) is 5.96. The summed E-state index contributed by atoms with van der Waals surface area (Å²) in [5, 5.41) is 0. The minimum Gasteiger partial charge on any atom is -0.399 e. The van der Waals surface area contributed by atoms with E-state index < -0.39 is 0 Å². The summed E-state index contributed by atoms with van der Waals surface area (Å²) in [7, 11) is 0. The number of hydrogen-bond donors (Lipinski definition) is 1. The second-order valence-corrected chi connectivity index (χ2v) is 5.96. The van der Waals surface area contributed by atoms with Gasteiger partial charge in [-0.1, -0.05) is 12.1 Å². The maximum absolute atomic E-state index is 5.95. The van der Waals surface area contributed by atoms with Crippen molar-refractivity contribution in [1.29, 1.82) is 0 Å². The average Bonchev–Trinajstić information content (AvgIpc) is 2.26. The molecule has 1 aliphatic rings. The summed E-state index contributed by atoms with van der Waals surface area (Å²) < 4.78 is 5.95. The van der Waals surface area contributed by atoms with Gasteiger partial charge in [0.2, 0.25) is 0 Å². The molecule has 1 aromatic carbocycles. The molecule has 2 atom stereocenters. The Morgan fingerprint density at radius 3 is 2.50 bits per heavy atom. The first-order valence-corrected chi connectivity index (χ1v) is 6.65. The first-order valence-electron chi connectivity index (χ1n) is 6.65. The zero-order valence-electron chi connectivity index (χ0n) is 11.8. The Kier molecular flexibility index (Phi) is 3.64. The van der Waals surface area contributed by atoms with Gasteiger partial charge in [-0.25, -0.2) is 0 Å². The summed E-state index contributed by atoms with van der Waals surface area (Å²) >= 11 is 0. The topological polar surface area (TPSA) is 38.5 Å². The molecule has 1 aliphatic heterocycles. The molecule has 0 amide bonds. The lowest BCUT2D eigenvalue weighted by Gasteiger charge is -2.44. The van der Waals surface area contributed by atoms with Crippen molar-refractivity contribution in [3.05, 3.63) is 29.8 Å². The Morgan fingerprint density at radius 1 is 1.33 bits per heavy atom. The Labute approximate surface area is 110 Å². The summed E-state index contributed by atoms with van der Waals surface area (Å²) in [6.07, 6.45) is 0.282. The number of anilines is 1. The number of nitrogen functional groups attached to an aromatic ring is 1. The number of nitrogens with two attached hydrogens (primary N) is 1. The monoisotopic (exact) mass is 248 g/mol. The molecule has 0 aromatic heterocycles. The van der Waals surface area contributed by atoms with Gasteiger partial charge in [0.05, 0.1) is 11.7 Å². The highest BCUT2D eigenvalue weighted by Crippen LogP contribution is 2.28. The molecule has 3 heteroatoms. The molecule has 1 saturated heterocycles. The smallest absolute Gasteiger partial charge is 0.0757 e. The predicted octanol–water partition coefficient (Wildman–Crippen LogP) is 2.83. The highest BCUT2D eigenvalue weighted by Gasteiger charge is 2.33. The summed E-state index contributed by atoms with van der Waals surface area (Å²) in [6.45, 7) is 10.7. The van der Waals surface area contributed by atoms with Gasteiger partial charge in [-0.05, 0) is 45.4 Å². The number of benzene rings is 1. The van der Waals surface area contributed by atoms with Crippen molar-refractivity contribution < 1.29 is 4.74 Å². The van der Waals surface area contributed by atoms with Crippen LogP contribution in [0.2, 0.25) is 0 Å². The van der Waals surface area contributed by atoms with Crippen molar-refractivity contribution in [2.75, 3.05) is 18.8 Å². The third-order valence-electron chi connectivity index (χ3n) is 3.56. The van der Waals surface area contributed by atoms with Crippen LogP contribution < -0.4 is 5.73 Å². The summed E-state index contributed by atoms with van der Waals surface area (Å²) in [4.78, 5) is 2.49. The predicted molar refractivity (Wildman–Crippen MR) is 75.5 cm³/mol. The number of hydrogen-bond acceptors (Lipinski definition) is 3. The van der Waals surface area contributed by atoms with Gasteiger partial charge in [0, 0.05) is 24.8 Å². The molecule has 2 rings (SSSR count). The molecule has 1 heterocycles. The highest BCUT2D eigenvalue weighted by molar-refractivity contribution is 5.40. The van der Waals surface area contributed by atoms with Gasteiger partial charge >= 0.3 is 0 Å². The summed E-state index contributed by atoms with van der Waals surface area (Å²) in [5.41, 5.74) is 7.80. The zero-order chi connectivity index (χ0) is 13.3. The molecule has 0 radical (unpaired) electrons. The van der Waals surface area contributed by atoms with E-state index >= 15 is 0 Å². The molecule has 0 bridgehead atoms. The van der Waals surface area contributed by atoms with E-state index in [9.17, 15) is 0 Å². The van der Waals surface area contributed by atoms with Crippen molar-refractivity contribution in [3.8, 4) is 0 Å². The van der Waals surface area contributed by atoms with Crippen LogP contribution >= 0.6 is 0 Å². The third kappa shape index (κ3) is 3.03. The van der Waals surface area contributed by atoms with Crippen molar-refractivity contribution in [3.63, 3.8) is 0 Å². The van der Waals surface area contributed by atoms with Crippen LogP contribution in [-0.2, 0) is 4.74 Å². The van der Waals surface area contributed by atoms with E-state index in [1.807, 2.05) is 12.1 Å². The lowest BCUT2D eigenvalue weighted by Crippen LogP contribution is -2.52. The van der Waals surface area contributed by atoms with Crippen LogP contribution in [0.15, 0.2) is 24.3 Å². The average molecular weight is 248 g/mol. The SMILES string of the molecule is CC1CN(C(C)c2ccc(N)cc2)CC(C)(C)O1. The lowest BCUT2D eigenvalue weighted by atomic mass is 10.0. The maximum atomic E-state index is 5.95. The van der Waals surface area contributed by atoms with Crippen molar-refractivity contribution in [2.45, 2.75) is 45.4 Å². The molecule has 0 aliphatic carbocycles. The minimum atomic E-state index is -0.0697. The van der Waals surface area contributed by atoms with E-state index in [0.29, 0.717) is 6.04 Å². The molecule has 18 heavy (non-hydrogen) atoms. The van der Waals surface area contributed by atoms with Crippen LogP contribution in [0.4, 0.5) is 5.69 Å². The third-order valence-corrected chi connectivity index (χ3v) is 3.56. The number of ether oxygens (including phenoxy) is 1. The standard InChI is InChI=1S/C15H24N2O/c1-11-9-17(10-15(3,4)18-11)12(2)13-5-7-14(16)8-6-13/h5-8,11-12H,9-10,16H2,1-4H3. The molecule has 0 spiro atoms. The van der Waals surface area contributed by atoms with Gasteiger partial charge in [-0.2, -0.15) is 0 Å². The van der Waals surface area contributed by atoms with Gasteiger partial charge in [0.1, 0.15) is 0 Å². The molecular formula is C15H24N2O. The van der Waals surface area contributed by atoms with E-state index in [0.717, 1.165) is 18.8 Å². The van der Waals surface area contributed by atoms with E-state index in [1.54, 1.807) is 0 Å². The first-order chi connectivity index (χ1) is 8.37. The van der Waals surface area contributed by atoms with Crippen LogP contribution in [-0.4, -0.2) is 29.7 Å². The molecule has 3 nitrogen and oxygen atoms in total. The second kappa shape index (κ2) is 4.90. The molecule has 0 saturated carbocycles. The fraction of sp³-hybridized carbons (Fsp3) is 0.600. The number of rotatable bonds is 2. The molecular weight excluding hydrogens is 224 g/mol. The van der Waals surface area contributed by atoms with Gasteiger partial charge in [-0.3, -0.25) is 4.90 Å². The van der Waals surface area contributed by atoms with Gasteiger partial charge < -0.3 is 10.5 Å². The fourth-order valence-electron chi connectivity index (χ4n) is 2.78. The van der Waals surface area contributed by atoms with E-state index in [-0.39, 0.29) is 11.7 Å². The van der Waals surface area contributed by atoms with Crippen LogP contribution in [0.3, 0.4) is 0 Å². The van der Waals surface area contributed by atoms with E-state index in [4.69, 9.17) is 10.5 Å². The van der Waals surface area contributed by atoms with Crippen molar-refractivity contribution in [1.82, 2.24) is 4.90 Å². The quantitative estimate of drug-likeness (QED) is 0.818. The Morgan fingerprint density at radius 2 is 1.94 bits per heavy atom. The Balaban J connectivity index is 2.13. The Bertz CT molecular complexity index is 399. The highest BCUT2D eigenvalue weighted by atomic mass is 16.5. The normalized spacial score (nSPS) is 25.9. The van der Waals surface area contributed by atoms with Gasteiger partial charge in [-0.15, -0.1) is 0 Å². The maximum Gasteiger partial charge on any atom is 0.0757 e. The molecule has 2 N–H and O–H groups in total. The van der Waals surface area contributed by atoms with Gasteiger partial charge in [0.15, 0.2) is 0 Å². The molecule has 2 unspecified atom stereocenters. The van der Waals surface area contributed by atoms with Crippen LogP contribution in [0.5, 0.6) is 0 Å². The zero-order valence-corrected chi connectivity index (χ0v) is 11.8. The summed E-state index contributed by atoms with van der Waals surface area (Å²) in [6, 6.07) is 8.58. The van der Waals surface area contributed by atoms with Crippen LogP contribution in [0.1, 0.15) is 39.3 Å². The lowest BCUT2D eigenvalue weighted by molar-refractivity contribution is -0.137. The van der Waals surface area contributed by atoms with E-state index in [2.05, 4.69) is 44.7 Å². The van der Waals surface area contributed by atoms with E-state index in [1.165, 1.54) is 5.56 Å². The molecule has 1 fully saturated rings. The summed E-state index contributed by atoms with van der Waals surface area (Å²) in [5.74, 6) is 0. The largest absolute Gasteiger partial charge is 0.399 e. The number of morpholine rings is 1. The van der Waals surface area contributed by atoms with Crippen LogP contribution in [0.25, 0.3) is 0 Å². The van der Waals surface area contributed by atoms with Gasteiger partial charge in [0.25, 0.3) is 0 Å². The molecule has 100 valence electrons. The van der Waals surface area contributed by atoms with Crippen molar-refractivity contribution >= 4 is 5.69 Å². The van der Waals surface area contributed by atoms with Crippen molar-refractivity contribution in [2.24, 2.45) is 0 Å². The fourth-order valence-corrected chi connectivity index (χ4v) is 2.78. The Hall–Kier alpha value is -1.06. The molecule has 1 aromatic rings.